The molecular formula is C21H23ClN2O7S. The molecule has 172 valence electrons. The molecule has 11 heteroatoms. The van der Waals surface area contributed by atoms with E-state index in [1.807, 2.05) is 0 Å². The van der Waals surface area contributed by atoms with Gasteiger partial charge in [0.15, 0.2) is 11.5 Å². The number of halogens is 1. The number of hydrogen-bond donors (Lipinski definition) is 1. The minimum Gasteiger partial charge on any atom is -0.486 e. The molecule has 0 bridgehead atoms. The van der Waals surface area contributed by atoms with Gasteiger partial charge in [-0.2, -0.15) is 0 Å². The Morgan fingerprint density at radius 3 is 2.47 bits per heavy atom. The zero-order valence-electron chi connectivity index (χ0n) is 17.8. The molecule has 1 aliphatic heterocycles. The molecule has 0 saturated carbocycles. The van der Waals surface area contributed by atoms with Crippen LogP contribution in [0.1, 0.15) is 24.2 Å². The summed E-state index contributed by atoms with van der Waals surface area (Å²) in [7, 11) is -3.82. The average Bonchev–Trinajstić information content (AvgIpc) is 2.73. The van der Waals surface area contributed by atoms with Crippen LogP contribution < -0.4 is 19.1 Å². The number of nitrogens with one attached hydrogen (secondary N) is 1. The average molecular weight is 483 g/mol. The highest BCUT2D eigenvalue weighted by molar-refractivity contribution is 7.92. The number of sulfonamides is 1. The second-order valence-electron chi connectivity index (χ2n) is 6.97. The minimum atomic E-state index is -3.82. The molecular weight excluding hydrogens is 460 g/mol. The van der Waals surface area contributed by atoms with Crippen LogP contribution in [0.15, 0.2) is 36.4 Å². The molecule has 2 aromatic rings. The van der Waals surface area contributed by atoms with Gasteiger partial charge in [0, 0.05) is 11.8 Å². The lowest BCUT2D eigenvalue weighted by Gasteiger charge is -2.29. The fourth-order valence-electron chi connectivity index (χ4n) is 3.19. The summed E-state index contributed by atoms with van der Waals surface area (Å²) in [5.74, 6) is -0.269. The highest BCUT2D eigenvalue weighted by Gasteiger charge is 2.30. The summed E-state index contributed by atoms with van der Waals surface area (Å²) < 4.78 is 42.0. The van der Waals surface area contributed by atoms with Crippen molar-refractivity contribution in [1.82, 2.24) is 0 Å². The SMILES string of the molecule is CCOC(=O)c1ccc(NC(=O)[C@H](C)N(c2ccc3c(c2)OCCO3)S(C)(=O)=O)cc1Cl. The van der Waals surface area contributed by atoms with Gasteiger partial charge in [-0.3, -0.25) is 9.10 Å². The zero-order chi connectivity index (χ0) is 23.5. The number of carbonyl (C=O) groups is 2. The van der Waals surface area contributed by atoms with E-state index < -0.39 is 27.9 Å². The first-order valence-electron chi connectivity index (χ1n) is 9.78. The van der Waals surface area contributed by atoms with E-state index in [-0.39, 0.29) is 22.9 Å². The molecule has 9 nitrogen and oxygen atoms in total. The van der Waals surface area contributed by atoms with Gasteiger partial charge in [-0.15, -0.1) is 0 Å². The summed E-state index contributed by atoms with van der Waals surface area (Å²) in [6.07, 6.45) is 1.01. The van der Waals surface area contributed by atoms with Crippen molar-refractivity contribution in [3.8, 4) is 11.5 Å². The molecule has 1 aliphatic rings. The predicted octanol–water partition coefficient (Wildman–Crippen LogP) is 3.08. The maximum atomic E-state index is 12.9. The lowest BCUT2D eigenvalue weighted by molar-refractivity contribution is -0.116. The second-order valence-corrected chi connectivity index (χ2v) is 9.23. The molecule has 0 aromatic heterocycles. The van der Waals surface area contributed by atoms with E-state index in [2.05, 4.69) is 5.32 Å². The molecule has 1 amide bonds. The van der Waals surface area contributed by atoms with Gasteiger partial charge >= 0.3 is 5.97 Å². The Hall–Kier alpha value is -2.98. The van der Waals surface area contributed by atoms with E-state index in [4.69, 9.17) is 25.8 Å². The summed E-state index contributed by atoms with van der Waals surface area (Å²) in [4.78, 5) is 24.8. The minimum absolute atomic E-state index is 0.0979. The maximum Gasteiger partial charge on any atom is 0.339 e. The molecule has 0 fully saturated rings. The Bertz CT molecular complexity index is 1140. The number of nitrogens with zero attached hydrogens (tertiary/aromatic N) is 1. The fourth-order valence-corrected chi connectivity index (χ4v) is 4.62. The number of rotatable bonds is 7. The molecule has 0 aliphatic carbocycles. The highest BCUT2D eigenvalue weighted by atomic mass is 35.5. The standard InChI is InChI=1S/C21H23ClN2O7S/c1-4-29-21(26)16-7-5-14(11-17(16)22)23-20(25)13(2)24(32(3,27)28)15-6-8-18-19(12-15)31-10-9-30-18/h5-8,11-13H,4,9-10H2,1-3H3,(H,23,25)/t13-/m0/s1. The topological polar surface area (TPSA) is 111 Å². The van der Waals surface area contributed by atoms with Crippen LogP contribution in [0.2, 0.25) is 5.02 Å². The van der Waals surface area contributed by atoms with Gasteiger partial charge in [-0.1, -0.05) is 11.6 Å². The van der Waals surface area contributed by atoms with Crippen molar-refractivity contribution in [2.45, 2.75) is 19.9 Å². The van der Waals surface area contributed by atoms with E-state index in [0.29, 0.717) is 30.4 Å². The number of esters is 1. The Labute approximate surface area is 191 Å². The van der Waals surface area contributed by atoms with Crippen molar-refractivity contribution in [2.24, 2.45) is 0 Å². The van der Waals surface area contributed by atoms with Gasteiger partial charge in [0.05, 0.1) is 29.1 Å². The van der Waals surface area contributed by atoms with Crippen molar-refractivity contribution < 1.29 is 32.2 Å². The monoisotopic (exact) mass is 482 g/mol. The number of carbonyl (C=O) groups excluding carboxylic acids is 2. The number of benzene rings is 2. The first-order chi connectivity index (χ1) is 15.1. The Balaban J connectivity index is 1.83. The van der Waals surface area contributed by atoms with E-state index in [1.165, 1.54) is 31.2 Å². The first kappa shape index (κ1) is 23.7. The van der Waals surface area contributed by atoms with Crippen molar-refractivity contribution in [1.29, 1.82) is 0 Å². The molecule has 0 unspecified atom stereocenters. The van der Waals surface area contributed by atoms with Gasteiger partial charge in [0.1, 0.15) is 19.3 Å². The third-order valence-electron chi connectivity index (χ3n) is 4.60. The van der Waals surface area contributed by atoms with E-state index >= 15 is 0 Å². The third-order valence-corrected chi connectivity index (χ3v) is 6.16. The Kier molecular flexibility index (Phi) is 7.15. The number of ether oxygens (including phenoxy) is 3. The first-order valence-corrected chi connectivity index (χ1v) is 12.0. The molecule has 0 spiro atoms. The zero-order valence-corrected chi connectivity index (χ0v) is 19.3. The number of anilines is 2. The van der Waals surface area contributed by atoms with Crippen LogP contribution in [-0.2, 0) is 19.6 Å². The van der Waals surface area contributed by atoms with Crippen molar-refractivity contribution in [3.63, 3.8) is 0 Å². The van der Waals surface area contributed by atoms with Crippen molar-refractivity contribution in [2.75, 3.05) is 35.7 Å². The van der Waals surface area contributed by atoms with Crippen LogP contribution >= 0.6 is 11.6 Å². The van der Waals surface area contributed by atoms with Gasteiger partial charge < -0.3 is 19.5 Å². The molecule has 1 atom stereocenters. The summed E-state index contributed by atoms with van der Waals surface area (Å²) >= 11 is 6.14. The summed E-state index contributed by atoms with van der Waals surface area (Å²) in [6.45, 7) is 4.08. The van der Waals surface area contributed by atoms with Crippen molar-refractivity contribution >= 4 is 44.9 Å². The van der Waals surface area contributed by atoms with Gasteiger partial charge in [-0.05, 0) is 44.2 Å². The molecule has 3 rings (SSSR count). The van der Waals surface area contributed by atoms with Crippen LogP contribution in [0.25, 0.3) is 0 Å². The summed E-state index contributed by atoms with van der Waals surface area (Å²) in [5, 5.41) is 2.73. The van der Waals surface area contributed by atoms with Crippen LogP contribution in [0.5, 0.6) is 11.5 Å². The molecule has 0 saturated heterocycles. The van der Waals surface area contributed by atoms with E-state index in [0.717, 1.165) is 10.6 Å². The van der Waals surface area contributed by atoms with Crippen LogP contribution in [0.3, 0.4) is 0 Å². The molecule has 0 radical (unpaired) electrons. The number of fused-ring (bicyclic) bond motifs is 1. The van der Waals surface area contributed by atoms with Gasteiger partial charge in [0.2, 0.25) is 15.9 Å². The molecule has 2 aromatic carbocycles. The largest absolute Gasteiger partial charge is 0.486 e. The summed E-state index contributed by atoms with van der Waals surface area (Å²) in [5.41, 5.74) is 0.722. The van der Waals surface area contributed by atoms with E-state index in [9.17, 15) is 18.0 Å². The maximum absolute atomic E-state index is 12.9. The normalized spacial score (nSPS) is 13.8. The number of amides is 1. The quantitative estimate of drug-likeness (QED) is 0.603. The van der Waals surface area contributed by atoms with E-state index in [1.54, 1.807) is 19.1 Å². The Morgan fingerprint density at radius 1 is 1.16 bits per heavy atom. The molecule has 32 heavy (non-hydrogen) atoms. The molecule has 1 heterocycles. The smallest absolute Gasteiger partial charge is 0.339 e. The van der Waals surface area contributed by atoms with Crippen molar-refractivity contribution in [3.05, 3.63) is 47.0 Å². The summed E-state index contributed by atoms with van der Waals surface area (Å²) in [6, 6.07) is 7.87. The fraction of sp³-hybridized carbons (Fsp3) is 0.333. The van der Waals surface area contributed by atoms with Gasteiger partial charge in [-0.25, -0.2) is 13.2 Å². The second kappa shape index (κ2) is 9.66. The lowest BCUT2D eigenvalue weighted by Crippen LogP contribution is -2.45. The lowest BCUT2D eigenvalue weighted by atomic mass is 10.2. The van der Waals surface area contributed by atoms with Crippen LogP contribution in [0, 0.1) is 0 Å². The Morgan fingerprint density at radius 2 is 1.84 bits per heavy atom. The predicted molar refractivity (Wildman–Crippen MR) is 120 cm³/mol. The third kappa shape index (κ3) is 5.25. The number of hydrogen-bond acceptors (Lipinski definition) is 7. The molecule has 1 N–H and O–H groups in total. The highest BCUT2D eigenvalue weighted by Crippen LogP contribution is 2.35. The van der Waals surface area contributed by atoms with Crippen LogP contribution in [0.4, 0.5) is 11.4 Å². The van der Waals surface area contributed by atoms with Gasteiger partial charge in [0.25, 0.3) is 0 Å². The van der Waals surface area contributed by atoms with Crippen LogP contribution in [-0.4, -0.2) is 52.4 Å².